The van der Waals surface area contributed by atoms with Crippen LogP contribution in [0.25, 0.3) is 0 Å². The van der Waals surface area contributed by atoms with Crippen LogP contribution in [-0.4, -0.2) is 43.0 Å². The average Bonchev–Trinajstić information content (AvgIpc) is 2.35. The van der Waals surface area contributed by atoms with Crippen LogP contribution in [-0.2, 0) is 4.74 Å². The molecule has 3 nitrogen and oxygen atoms in total. The average molecular weight is 288 g/mol. The molecule has 1 aromatic rings. The molecule has 1 aliphatic heterocycles. The van der Waals surface area contributed by atoms with Gasteiger partial charge < -0.3 is 4.74 Å². The molecule has 1 aromatic carbocycles. The number of rotatable bonds is 3. The fraction of sp³-hybridized carbons (Fsp3) is 0.462. The maximum Gasteiger partial charge on any atom is 0.178 e. The minimum atomic E-state index is -0.00347. The molecule has 1 aliphatic rings. The van der Waals surface area contributed by atoms with Gasteiger partial charge in [-0.3, -0.25) is 9.69 Å². The van der Waals surface area contributed by atoms with E-state index in [1.54, 1.807) is 18.2 Å². The summed E-state index contributed by atoms with van der Waals surface area (Å²) < 4.78 is 5.34. The van der Waals surface area contributed by atoms with Gasteiger partial charge in [0.1, 0.15) is 0 Å². The van der Waals surface area contributed by atoms with E-state index in [2.05, 4.69) is 4.90 Å². The molecule has 1 saturated heterocycles. The van der Waals surface area contributed by atoms with Crippen molar-refractivity contribution in [1.29, 1.82) is 0 Å². The molecule has 0 aliphatic carbocycles. The number of ether oxygens (including phenoxy) is 1. The summed E-state index contributed by atoms with van der Waals surface area (Å²) in [5, 5.41) is 0.975. The van der Waals surface area contributed by atoms with E-state index in [1.807, 2.05) is 6.92 Å². The molecule has 0 radical (unpaired) electrons. The molecular weight excluding hydrogens is 273 g/mol. The van der Waals surface area contributed by atoms with Crippen molar-refractivity contribution >= 4 is 29.0 Å². The number of ketones is 1. The van der Waals surface area contributed by atoms with E-state index in [9.17, 15) is 4.79 Å². The maximum atomic E-state index is 12.2. The lowest BCUT2D eigenvalue weighted by atomic mass is 10.1. The van der Waals surface area contributed by atoms with Crippen molar-refractivity contribution in [3.63, 3.8) is 0 Å². The predicted molar refractivity (Wildman–Crippen MR) is 72.6 cm³/mol. The molecule has 0 spiro atoms. The van der Waals surface area contributed by atoms with Gasteiger partial charge in [0.15, 0.2) is 5.78 Å². The van der Waals surface area contributed by atoms with Crippen molar-refractivity contribution in [2.45, 2.75) is 13.0 Å². The number of hydrogen-bond acceptors (Lipinski definition) is 3. The number of carbonyl (C=O) groups excluding carboxylic acids is 1. The SMILES string of the molecule is CC1COCCN1CC(=O)c1cc(Cl)ccc1Cl. The van der Waals surface area contributed by atoms with Gasteiger partial charge in [0.2, 0.25) is 0 Å². The third-order valence-electron chi connectivity index (χ3n) is 3.08. The quantitative estimate of drug-likeness (QED) is 0.801. The Bertz CT molecular complexity index is 451. The molecule has 1 fully saturated rings. The molecule has 1 heterocycles. The van der Waals surface area contributed by atoms with E-state index in [0.717, 1.165) is 6.54 Å². The molecule has 98 valence electrons. The van der Waals surface area contributed by atoms with E-state index in [4.69, 9.17) is 27.9 Å². The first-order valence-electron chi connectivity index (χ1n) is 5.88. The smallest absolute Gasteiger partial charge is 0.178 e. The Morgan fingerprint density at radius 3 is 3.00 bits per heavy atom. The Hall–Kier alpha value is -0.610. The highest BCUT2D eigenvalue weighted by atomic mass is 35.5. The first kappa shape index (κ1) is 13.8. The lowest BCUT2D eigenvalue weighted by molar-refractivity contribution is 0.00201. The van der Waals surface area contributed by atoms with Crippen LogP contribution in [0, 0.1) is 0 Å². The first-order valence-corrected chi connectivity index (χ1v) is 6.63. The van der Waals surface area contributed by atoms with Crippen LogP contribution in [0.5, 0.6) is 0 Å². The highest BCUT2D eigenvalue weighted by molar-refractivity contribution is 6.36. The lowest BCUT2D eigenvalue weighted by Gasteiger charge is -2.32. The third kappa shape index (κ3) is 3.23. The molecule has 5 heteroatoms. The fourth-order valence-corrected chi connectivity index (χ4v) is 2.37. The van der Waals surface area contributed by atoms with Crippen molar-refractivity contribution < 1.29 is 9.53 Å². The van der Waals surface area contributed by atoms with E-state index < -0.39 is 0 Å². The van der Waals surface area contributed by atoms with Crippen LogP contribution >= 0.6 is 23.2 Å². The monoisotopic (exact) mass is 287 g/mol. The number of carbonyl (C=O) groups is 1. The van der Waals surface area contributed by atoms with Crippen LogP contribution in [0.2, 0.25) is 10.0 Å². The van der Waals surface area contributed by atoms with E-state index in [-0.39, 0.29) is 11.8 Å². The molecular formula is C13H15Cl2NO2. The zero-order valence-corrected chi connectivity index (χ0v) is 11.7. The lowest BCUT2D eigenvalue weighted by Crippen LogP contribution is -2.46. The van der Waals surface area contributed by atoms with Gasteiger partial charge in [-0.2, -0.15) is 0 Å². The molecule has 1 unspecified atom stereocenters. The normalized spacial score (nSPS) is 20.9. The highest BCUT2D eigenvalue weighted by Crippen LogP contribution is 2.21. The summed E-state index contributed by atoms with van der Waals surface area (Å²) in [4.78, 5) is 14.3. The van der Waals surface area contributed by atoms with Gasteiger partial charge in [-0.25, -0.2) is 0 Å². The minimum absolute atomic E-state index is 0.00347. The summed E-state index contributed by atoms with van der Waals surface area (Å²) in [7, 11) is 0. The number of hydrogen-bond donors (Lipinski definition) is 0. The second kappa shape index (κ2) is 6.02. The Balaban J connectivity index is 2.09. The Morgan fingerprint density at radius 1 is 1.50 bits per heavy atom. The molecule has 2 rings (SSSR count). The summed E-state index contributed by atoms with van der Waals surface area (Å²) in [5.74, 6) is -0.00347. The highest BCUT2D eigenvalue weighted by Gasteiger charge is 2.22. The van der Waals surface area contributed by atoms with Gasteiger partial charge in [-0.05, 0) is 25.1 Å². The molecule has 0 amide bonds. The van der Waals surface area contributed by atoms with Crippen LogP contribution in [0.4, 0.5) is 0 Å². The molecule has 0 N–H and O–H groups in total. The topological polar surface area (TPSA) is 29.5 Å². The van der Waals surface area contributed by atoms with Crippen molar-refractivity contribution in [1.82, 2.24) is 4.90 Å². The second-order valence-electron chi connectivity index (χ2n) is 4.44. The summed E-state index contributed by atoms with van der Waals surface area (Å²) in [6.45, 7) is 4.50. The van der Waals surface area contributed by atoms with Gasteiger partial charge in [-0.15, -0.1) is 0 Å². The Morgan fingerprint density at radius 2 is 2.28 bits per heavy atom. The largest absolute Gasteiger partial charge is 0.379 e. The maximum absolute atomic E-state index is 12.2. The Labute approximate surface area is 117 Å². The zero-order chi connectivity index (χ0) is 13.1. The van der Waals surface area contributed by atoms with Crippen LogP contribution in [0.3, 0.4) is 0 Å². The van der Waals surface area contributed by atoms with Crippen LogP contribution in [0.1, 0.15) is 17.3 Å². The molecule has 1 atom stereocenters. The van der Waals surface area contributed by atoms with Gasteiger partial charge in [0.05, 0.1) is 24.8 Å². The number of morpholine rings is 1. The Kier molecular flexibility index (Phi) is 4.62. The summed E-state index contributed by atoms with van der Waals surface area (Å²) in [6, 6.07) is 5.20. The van der Waals surface area contributed by atoms with Crippen molar-refractivity contribution in [2.24, 2.45) is 0 Å². The number of nitrogens with zero attached hydrogens (tertiary/aromatic N) is 1. The molecule has 0 aromatic heterocycles. The van der Waals surface area contributed by atoms with Crippen molar-refractivity contribution in [3.8, 4) is 0 Å². The van der Waals surface area contributed by atoms with E-state index in [0.29, 0.717) is 35.4 Å². The summed E-state index contributed by atoms with van der Waals surface area (Å²) in [6.07, 6.45) is 0. The van der Waals surface area contributed by atoms with Crippen LogP contribution < -0.4 is 0 Å². The number of halogens is 2. The fourth-order valence-electron chi connectivity index (χ4n) is 1.98. The second-order valence-corrected chi connectivity index (χ2v) is 5.29. The minimum Gasteiger partial charge on any atom is -0.379 e. The zero-order valence-electron chi connectivity index (χ0n) is 10.2. The van der Waals surface area contributed by atoms with Crippen LogP contribution in [0.15, 0.2) is 18.2 Å². The van der Waals surface area contributed by atoms with E-state index in [1.165, 1.54) is 0 Å². The third-order valence-corrected chi connectivity index (χ3v) is 3.65. The van der Waals surface area contributed by atoms with Crippen molar-refractivity contribution in [2.75, 3.05) is 26.3 Å². The summed E-state index contributed by atoms with van der Waals surface area (Å²) >= 11 is 11.9. The molecule has 0 saturated carbocycles. The van der Waals surface area contributed by atoms with Gasteiger partial charge in [0.25, 0.3) is 0 Å². The predicted octanol–water partition coefficient (Wildman–Crippen LogP) is 2.90. The van der Waals surface area contributed by atoms with Gasteiger partial charge >= 0.3 is 0 Å². The summed E-state index contributed by atoms with van der Waals surface area (Å²) in [5.41, 5.74) is 0.489. The number of Topliss-reactive ketones (excluding diaryl/α,β-unsaturated/α-hetero) is 1. The first-order chi connectivity index (χ1) is 8.58. The number of benzene rings is 1. The van der Waals surface area contributed by atoms with Gasteiger partial charge in [0, 0.05) is 23.2 Å². The van der Waals surface area contributed by atoms with Crippen molar-refractivity contribution in [3.05, 3.63) is 33.8 Å². The molecule has 18 heavy (non-hydrogen) atoms. The van der Waals surface area contributed by atoms with Gasteiger partial charge in [-0.1, -0.05) is 23.2 Å². The standard InChI is InChI=1S/C13H15Cl2NO2/c1-9-8-18-5-4-16(9)7-13(17)11-6-10(14)2-3-12(11)15/h2-3,6,9H,4-5,7-8H2,1H3. The van der Waals surface area contributed by atoms with E-state index >= 15 is 0 Å². The molecule has 0 bridgehead atoms.